The number of hydrogen-bond donors (Lipinski definition) is 2. The normalized spacial score (nSPS) is 11.1. The molecule has 0 aromatic heterocycles. The van der Waals surface area contributed by atoms with Crippen LogP contribution in [0.25, 0.3) is 0 Å². The molecule has 1 amide bonds. The number of sulfonamides is 1. The van der Waals surface area contributed by atoms with Gasteiger partial charge in [0.05, 0.1) is 16.3 Å². The summed E-state index contributed by atoms with van der Waals surface area (Å²) in [6, 6.07) is 9.04. The molecule has 2 rings (SSSR count). The molecule has 7 nitrogen and oxygen atoms in total. The fraction of sp³-hybridized carbons (Fsp3) is 0.176. The molecule has 0 fully saturated rings. The molecular weight excluding hydrogens is 460 g/mol. The van der Waals surface area contributed by atoms with Gasteiger partial charge in [0.1, 0.15) is 4.90 Å². The second-order valence-electron chi connectivity index (χ2n) is 5.46. The third-order valence-electron chi connectivity index (χ3n) is 3.46. The van der Waals surface area contributed by atoms with Gasteiger partial charge in [-0.05, 0) is 65.8 Å². The second kappa shape index (κ2) is 8.83. The first-order valence-electron chi connectivity index (χ1n) is 7.60. The molecule has 0 saturated heterocycles. The molecule has 10 heteroatoms. The van der Waals surface area contributed by atoms with Crippen LogP contribution in [-0.2, 0) is 19.6 Å². The lowest BCUT2D eigenvalue weighted by Gasteiger charge is -2.10. The van der Waals surface area contributed by atoms with Crippen molar-refractivity contribution in [3.05, 3.63) is 57.0 Å². The molecule has 144 valence electrons. The van der Waals surface area contributed by atoms with Crippen molar-refractivity contribution in [1.82, 2.24) is 4.72 Å². The van der Waals surface area contributed by atoms with Crippen molar-refractivity contribution in [2.45, 2.75) is 11.8 Å². The Balaban J connectivity index is 2.05. The predicted molar refractivity (Wildman–Crippen MR) is 105 cm³/mol. The SMILES string of the molecule is CNS(=O)(=O)c1cc(C(=O)OCC(=O)Nc2ccc(C)cc2Br)ccc1Cl. The van der Waals surface area contributed by atoms with Crippen LogP contribution in [0.1, 0.15) is 15.9 Å². The molecule has 0 saturated carbocycles. The highest BCUT2D eigenvalue weighted by Gasteiger charge is 2.19. The van der Waals surface area contributed by atoms with E-state index in [1.807, 2.05) is 19.1 Å². The van der Waals surface area contributed by atoms with Crippen molar-refractivity contribution in [1.29, 1.82) is 0 Å². The number of halogens is 2. The smallest absolute Gasteiger partial charge is 0.338 e. The van der Waals surface area contributed by atoms with Crippen molar-refractivity contribution in [3.63, 3.8) is 0 Å². The van der Waals surface area contributed by atoms with Gasteiger partial charge >= 0.3 is 5.97 Å². The summed E-state index contributed by atoms with van der Waals surface area (Å²) >= 11 is 9.20. The lowest BCUT2D eigenvalue weighted by Crippen LogP contribution is -2.22. The van der Waals surface area contributed by atoms with E-state index in [-0.39, 0.29) is 15.5 Å². The van der Waals surface area contributed by atoms with Crippen molar-refractivity contribution < 1.29 is 22.7 Å². The molecule has 2 N–H and O–H groups in total. The van der Waals surface area contributed by atoms with Crippen molar-refractivity contribution in [2.24, 2.45) is 0 Å². The molecule has 0 atom stereocenters. The number of aryl methyl sites for hydroxylation is 1. The van der Waals surface area contributed by atoms with Gasteiger partial charge in [-0.25, -0.2) is 17.9 Å². The van der Waals surface area contributed by atoms with Gasteiger partial charge in [0.25, 0.3) is 5.91 Å². The van der Waals surface area contributed by atoms with Crippen LogP contribution in [0.2, 0.25) is 5.02 Å². The highest BCUT2D eigenvalue weighted by Crippen LogP contribution is 2.24. The number of nitrogens with one attached hydrogen (secondary N) is 2. The topological polar surface area (TPSA) is 102 Å². The molecule has 0 radical (unpaired) electrons. The number of esters is 1. The Morgan fingerprint density at radius 1 is 1.19 bits per heavy atom. The number of benzene rings is 2. The standard InChI is InChI=1S/C17H16BrClN2O5S/c1-10-3-6-14(12(18)7-10)21-16(22)9-26-17(23)11-4-5-13(19)15(8-11)27(24,25)20-2/h3-8,20H,9H2,1-2H3,(H,21,22). The van der Waals surface area contributed by atoms with E-state index in [1.165, 1.54) is 19.2 Å². The number of rotatable bonds is 6. The zero-order valence-electron chi connectivity index (χ0n) is 14.4. The summed E-state index contributed by atoms with van der Waals surface area (Å²) in [4.78, 5) is 23.8. The first-order chi connectivity index (χ1) is 12.6. The number of amides is 1. The summed E-state index contributed by atoms with van der Waals surface area (Å²) in [6.45, 7) is 1.38. The minimum Gasteiger partial charge on any atom is -0.452 e. The Morgan fingerprint density at radius 2 is 1.89 bits per heavy atom. The van der Waals surface area contributed by atoms with E-state index in [9.17, 15) is 18.0 Å². The van der Waals surface area contributed by atoms with Crippen LogP contribution >= 0.6 is 27.5 Å². The van der Waals surface area contributed by atoms with E-state index in [0.717, 1.165) is 11.6 Å². The number of carbonyl (C=O) groups excluding carboxylic acids is 2. The molecule has 0 heterocycles. The average molecular weight is 476 g/mol. The summed E-state index contributed by atoms with van der Waals surface area (Å²) in [5, 5.41) is 2.57. The highest BCUT2D eigenvalue weighted by atomic mass is 79.9. The van der Waals surface area contributed by atoms with Gasteiger partial charge in [0, 0.05) is 4.47 Å². The summed E-state index contributed by atoms with van der Waals surface area (Å²) in [7, 11) is -2.61. The number of carbonyl (C=O) groups is 2. The second-order valence-corrected chi connectivity index (χ2v) is 8.58. The van der Waals surface area contributed by atoms with Crippen LogP contribution in [0.3, 0.4) is 0 Å². The quantitative estimate of drug-likeness (QED) is 0.625. The van der Waals surface area contributed by atoms with E-state index in [4.69, 9.17) is 16.3 Å². The van der Waals surface area contributed by atoms with E-state index in [0.29, 0.717) is 10.2 Å². The number of anilines is 1. The molecular formula is C17H16BrClN2O5S. The number of ether oxygens (including phenoxy) is 1. The van der Waals surface area contributed by atoms with Crippen LogP contribution in [0, 0.1) is 6.92 Å². The Bertz CT molecular complexity index is 995. The van der Waals surface area contributed by atoms with Crippen molar-refractivity contribution >= 4 is 55.1 Å². The largest absolute Gasteiger partial charge is 0.452 e. The Kier molecular flexibility index (Phi) is 6.99. The highest BCUT2D eigenvalue weighted by molar-refractivity contribution is 9.10. The van der Waals surface area contributed by atoms with Crippen LogP contribution < -0.4 is 10.0 Å². The van der Waals surface area contributed by atoms with Gasteiger partial charge in [-0.2, -0.15) is 0 Å². The summed E-state index contributed by atoms with van der Waals surface area (Å²) in [5.74, 6) is -1.39. The zero-order chi connectivity index (χ0) is 20.2. The minimum atomic E-state index is -3.84. The molecule has 0 spiro atoms. The van der Waals surface area contributed by atoms with Crippen molar-refractivity contribution in [3.8, 4) is 0 Å². The van der Waals surface area contributed by atoms with Gasteiger partial charge in [-0.1, -0.05) is 17.7 Å². The van der Waals surface area contributed by atoms with Crippen LogP contribution in [-0.4, -0.2) is 33.9 Å². The maximum atomic E-state index is 12.1. The lowest BCUT2D eigenvalue weighted by molar-refractivity contribution is -0.119. The minimum absolute atomic E-state index is 0.0390. The zero-order valence-corrected chi connectivity index (χ0v) is 17.5. The van der Waals surface area contributed by atoms with Gasteiger partial charge in [-0.3, -0.25) is 4.79 Å². The molecule has 0 aliphatic carbocycles. The van der Waals surface area contributed by atoms with E-state index in [1.54, 1.807) is 6.07 Å². The average Bonchev–Trinajstić information content (AvgIpc) is 2.62. The van der Waals surface area contributed by atoms with E-state index in [2.05, 4.69) is 26.0 Å². The Hall–Kier alpha value is -1.94. The molecule has 0 aliphatic rings. The predicted octanol–water partition coefficient (Wildman–Crippen LogP) is 3.11. The van der Waals surface area contributed by atoms with Gasteiger partial charge in [-0.15, -0.1) is 0 Å². The van der Waals surface area contributed by atoms with E-state index < -0.39 is 28.5 Å². The van der Waals surface area contributed by atoms with Crippen LogP contribution in [0.15, 0.2) is 45.8 Å². The van der Waals surface area contributed by atoms with Gasteiger partial charge in [0.2, 0.25) is 10.0 Å². The number of hydrogen-bond acceptors (Lipinski definition) is 5. The van der Waals surface area contributed by atoms with Crippen LogP contribution in [0.5, 0.6) is 0 Å². The maximum absolute atomic E-state index is 12.1. The summed E-state index contributed by atoms with van der Waals surface area (Å²) < 4.78 is 31.6. The monoisotopic (exact) mass is 474 g/mol. The summed E-state index contributed by atoms with van der Waals surface area (Å²) in [6.07, 6.45) is 0. The third kappa shape index (κ3) is 5.52. The summed E-state index contributed by atoms with van der Waals surface area (Å²) in [5.41, 5.74) is 1.51. The Morgan fingerprint density at radius 3 is 2.52 bits per heavy atom. The van der Waals surface area contributed by atoms with Crippen molar-refractivity contribution in [2.75, 3.05) is 19.0 Å². The fourth-order valence-corrected chi connectivity index (χ4v) is 3.91. The molecule has 0 aliphatic heterocycles. The molecule has 2 aromatic carbocycles. The molecule has 27 heavy (non-hydrogen) atoms. The van der Waals surface area contributed by atoms with Gasteiger partial charge < -0.3 is 10.1 Å². The van der Waals surface area contributed by atoms with E-state index >= 15 is 0 Å². The molecule has 0 bridgehead atoms. The maximum Gasteiger partial charge on any atom is 0.338 e. The lowest BCUT2D eigenvalue weighted by atomic mass is 10.2. The molecule has 2 aromatic rings. The first-order valence-corrected chi connectivity index (χ1v) is 10.3. The van der Waals surface area contributed by atoms with Gasteiger partial charge in [0.15, 0.2) is 6.61 Å². The third-order valence-corrected chi connectivity index (χ3v) is 6.01. The van der Waals surface area contributed by atoms with Crippen LogP contribution in [0.4, 0.5) is 5.69 Å². The fourth-order valence-electron chi connectivity index (χ4n) is 2.07. The Labute approximate surface area is 170 Å². The molecule has 0 unspecified atom stereocenters. The first kappa shape index (κ1) is 21.4.